The monoisotopic (exact) mass is 503 g/mol. The molecule has 5 rings (SSSR count). The van der Waals surface area contributed by atoms with Crippen molar-refractivity contribution in [1.29, 1.82) is 0 Å². The van der Waals surface area contributed by atoms with Gasteiger partial charge < -0.3 is 29.2 Å². The number of aliphatic hydroxyl groups excluding tert-OH is 1. The molecule has 0 saturated carbocycles. The van der Waals surface area contributed by atoms with Crippen molar-refractivity contribution >= 4 is 23.1 Å². The van der Waals surface area contributed by atoms with Gasteiger partial charge in [-0.2, -0.15) is 0 Å². The standard InChI is InChI=1S/C28H25NO8/c1-3-34-19-7-5-6-18(14-19)29-25(16-8-10-20(30)22(12-16)35-4-2)24(27(32)28(29)33)26(31)17-9-11-21-23(13-17)37-15-36-21/h5-14,25,30-31H,3-4,15H2,1-2H3/b26-24+. The van der Waals surface area contributed by atoms with E-state index in [-0.39, 0.29) is 29.6 Å². The summed E-state index contributed by atoms with van der Waals surface area (Å²) in [6.45, 7) is 4.39. The quantitative estimate of drug-likeness (QED) is 0.274. The number of ether oxygens (including phenoxy) is 4. The Morgan fingerprint density at radius 1 is 0.973 bits per heavy atom. The molecule has 1 fully saturated rings. The van der Waals surface area contributed by atoms with Crippen LogP contribution in [0.3, 0.4) is 0 Å². The van der Waals surface area contributed by atoms with Gasteiger partial charge in [0.2, 0.25) is 6.79 Å². The molecule has 0 radical (unpaired) electrons. The number of nitrogens with zero attached hydrogens (tertiary/aromatic N) is 1. The molecule has 9 nitrogen and oxygen atoms in total. The number of hydrogen-bond donors (Lipinski definition) is 2. The van der Waals surface area contributed by atoms with E-state index in [2.05, 4.69) is 0 Å². The highest BCUT2D eigenvalue weighted by molar-refractivity contribution is 6.51. The molecule has 3 aromatic carbocycles. The number of ketones is 1. The first-order valence-electron chi connectivity index (χ1n) is 11.8. The van der Waals surface area contributed by atoms with Gasteiger partial charge in [-0.25, -0.2) is 0 Å². The third-order valence-electron chi connectivity index (χ3n) is 6.10. The summed E-state index contributed by atoms with van der Waals surface area (Å²) < 4.78 is 21.9. The number of benzene rings is 3. The second-order valence-corrected chi connectivity index (χ2v) is 8.33. The van der Waals surface area contributed by atoms with Crippen LogP contribution in [0, 0.1) is 0 Å². The summed E-state index contributed by atoms with van der Waals surface area (Å²) in [5.41, 5.74) is 1.05. The van der Waals surface area contributed by atoms with Crippen LogP contribution in [-0.2, 0) is 9.59 Å². The number of Topliss-reactive ketones (excluding diaryl/α,β-unsaturated/α-hetero) is 1. The number of aromatic hydroxyl groups is 1. The van der Waals surface area contributed by atoms with Gasteiger partial charge in [-0.3, -0.25) is 14.5 Å². The number of rotatable bonds is 7. The lowest BCUT2D eigenvalue weighted by atomic mass is 9.94. The molecule has 190 valence electrons. The van der Waals surface area contributed by atoms with E-state index in [1.54, 1.807) is 61.5 Å². The first-order chi connectivity index (χ1) is 17.9. The van der Waals surface area contributed by atoms with Gasteiger partial charge in [0.1, 0.15) is 11.5 Å². The second kappa shape index (κ2) is 9.77. The summed E-state index contributed by atoms with van der Waals surface area (Å²) in [6.07, 6.45) is 0. The SMILES string of the molecule is CCOc1cccc(N2C(=O)C(=O)/C(=C(/O)c3ccc4c(c3)OCO4)C2c2ccc(O)c(OCC)c2)c1. The largest absolute Gasteiger partial charge is 0.507 e. The van der Waals surface area contributed by atoms with E-state index >= 15 is 0 Å². The molecule has 2 N–H and O–H groups in total. The molecular formula is C28H25NO8. The Bertz CT molecular complexity index is 1410. The molecule has 1 amide bonds. The minimum absolute atomic E-state index is 0.0494. The van der Waals surface area contributed by atoms with Gasteiger partial charge >= 0.3 is 0 Å². The van der Waals surface area contributed by atoms with Crippen molar-refractivity contribution in [3.63, 3.8) is 0 Å². The van der Waals surface area contributed by atoms with Gasteiger partial charge in [-0.1, -0.05) is 12.1 Å². The van der Waals surface area contributed by atoms with Crippen molar-refractivity contribution in [2.75, 3.05) is 24.9 Å². The Balaban J connectivity index is 1.70. The smallest absolute Gasteiger partial charge is 0.300 e. The number of hydrogen-bond acceptors (Lipinski definition) is 8. The summed E-state index contributed by atoms with van der Waals surface area (Å²) in [7, 11) is 0. The fourth-order valence-electron chi connectivity index (χ4n) is 4.48. The topological polar surface area (TPSA) is 115 Å². The number of carbonyl (C=O) groups excluding carboxylic acids is 2. The fraction of sp³-hybridized carbons (Fsp3) is 0.214. The van der Waals surface area contributed by atoms with E-state index < -0.39 is 17.7 Å². The minimum atomic E-state index is -1.01. The molecule has 37 heavy (non-hydrogen) atoms. The molecule has 1 unspecified atom stereocenters. The van der Waals surface area contributed by atoms with Crippen LogP contribution < -0.4 is 23.8 Å². The molecule has 0 aromatic heterocycles. The van der Waals surface area contributed by atoms with Crippen molar-refractivity contribution in [2.45, 2.75) is 19.9 Å². The molecule has 0 aliphatic carbocycles. The van der Waals surface area contributed by atoms with E-state index in [9.17, 15) is 19.8 Å². The van der Waals surface area contributed by atoms with Crippen molar-refractivity contribution in [2.24, 2.45) is 0 Å². The second-order valence-electron chi connectivity index (χ2n) is 8.33. The summed E-state index contributed by atoms with van der Waals surface area (Å²) in [5.74, 6) is -0.467. The average molecular weight is 504 g/mol. The maximum absolute atomic E-state index is 13.4. The average Bonchev–Trinajstić information content (AvgIpc) is 3.47. The van der Waals surface area contributed by atoms with Gasteiger partial charge in [-0.05, 0) is 61.9 Å². The third-order valence-corrected chi connectivity index (χ3v) is 6.10. The predicted molar refractivity (Wildman–Crippen MR) is 134 cm³/mol. The number of fused-ring (bicyclic) bond motifs is 1. The molecule has 3 aromatic rings. The normalized spacial score (nSPS) is 17.8. The summed E-state index contributed by atoms with van der Waals surface area (Å²) >= 11 is 0. The molecule has 9 heteroatoms. The molecule has 2 aliphatic rings. The maximum Gasteiger partial charge on any atom is 0.300 e. The molecule has 0 bridgehead atoms. The van der Waals surface area contributed by atoms with Crippen LogP contribution in [0.5, 0.6) is 28.7 Å². The molecule has 2 heterocycles. The minimum Gasteiger partial charge on any atom is -0.507 e. The highest BCUT2D eigenvalue weighted by Gasteiger charge is 2.47. The molecule has 1 atom stereocenters. The number of phenols is 1. The van der Waals surface area contributed by atoms with Crippen LogP contribution in [0.1, 0.15) is 31.0 Å². The van der Waals surface area contributed by atoms with E-state index in [1.807, 2.05) is 6.92 Å². The van der Waals surface area contributed by atoms with Gasteiger partial charge in [0.05, 0.1) is 24.8 Å². The molecule has 0 spiro atoms. The lowest BCUT2D eigenvalue weighted by Crippen LogP contribution is -2.29. The summed E-state index contributed by atoms with van der Waals surface area (Å²) in [4.78, 5) is 28.2. The van der Waals surface area contributed by atoms with E-state index in [4.69, 9.17) is 18.9 Å². The van der Waals surface area contributed by atoms with Gasteiger partial charge in [-0.15, -0.1) is 0 Å². The predicted octanol–water partition coefficient (Wildman–Crippen LogP) is 4.54. The lowest BCUT2D eigenvalue weighted by molar-refractivity contribution is -0.132. The highest BCUT2D eigenvalue weighted by atomic mass is 16.7. The Labute approximate surface area is 213 Å². The van der Waals surface area contributed by atoms with E-state index in [0.29, 0.717) is 47.3 Å². The molecular weight excluding hydrogens is 478 g/mol. The van der Waals surface area contributed by atoms with Crippen LogP contribution in [-0.4, -0.2) is 41.9 Å². The summed E-state index contributed by atoms with van der Waals surface area (Å²) in [5, 5.41) is 21.6. The number of anilines is 1. The number of carbonyl (C=O) groups is 2. The zero-order valence-corrected chi connectivity index (χ0v) is 20.3. The number of amides is 1. The van der Waals surface area contributed by atoms with Crippen LogP contribution in [0.15, 0.2) is 66.2 Å². The Kier molecular flexibility index (Phi) is 6.35. The first-order valence-corrected chi connectivity index (χ1v) is 11.8. The van der Waals surface area contributed by atoms with Crippen LogP contribution >= 0.6 is 0 Å². The number of phenolic OH excluding ortho intramolecular Hbond substituents is 1. The molecule has 1 saturated heterocycles. The van der Waals surface area contributed by atoms with Crippen molar-refractivity contribution in [3.8, 4) is 28.7 Å². The Hall–Kier alpha value is -4.66. The van der Waals surface area contributed by atoms with Crippen LogP contribution in [0.25, 0.3) is 5.76 Å². The lowest BCUT2D eigenvalue weighted by Gasteiger charge is -2.26. The zero-order valence-electron chi connectivity index (χ0n) is 20.3. The van der Waals surface area contributed by atoms with Crippen LogP contribution in [0.2, 0.25) is 0 Å². The van der Waals surface area contributed by atoms with Crippen molar-refractivity contribution in [1.82, 2.24) is 0 Å². The Morgan fingerprint density at radius 2 is 1.76 bits per heavy atom. The van der Waals surface area contributed by atoms with Crippen LogP contribution in [0.4, 0.5) is 5.69 Å². The van der Waals surface area contributed by atoms with Gasteiger partial charge in [0.25, 0.3) is 11.7 Å². The van der Waals surface area contributed by atoms with Crippen molar-refractivity contribution in [3.05, 3.63) is 77.4 Å². The first kappa shape index (κ1) is 24.1. The van der Waals surface area contributed by atoms with Gasteiger partial charge in [0.15, 0.2) is 23.0 Å². The number of aliphatic hydroxyl groups is 1. The third kappa shape index (κ3) is 4.29. The van der Waals surface area contributed by atoms with Crippen molar-refractivity contribution < 1.29 is 38.7 Å². The van der Waals surface area contributed by atoms with Gasteiger partial charge in [0, 0.05) is 17.3 Å². The van der Waals surface area contributed by atoms with E-state index in [0.717, 1.165) is 0 Å². The fourth-order valence-corrected chi connectivity index (χ4v) is 4.48. The maximum atomic E-state index is 13.4. The zero-order chi connectivity index (χ0) is 26.1. The highest BCUT2D eigenvalue weighted by Crippen LogP contribution is 2.45. The Morgan fingerprint density at radius 3 is 2.54 bits per heavy atom. The summed E-state index contributed by atoms with van der Waals surface area (Å²) in [6, 6.07) is 15.1. The van der Waals surface area contributed by atoms with E-state index in [1.165, 1.54) is 11.0 Å². The molecule has 2 aliphatic heterocycles.